The molecule has 0 heterocycles. The summed E-state index contributed by atoms with van der Waals surface area (Å²) < 4.78 is 5.24. The molecule has 3 N–H and O–H groups in total. The molecule has 1 saturated carbocycles. The molecule has 2 atom stereocenters. The molecule has 1 aromatic rings. The summed E-state index contributed by atoms with van der Waals surface area (Å²) >= 11 is 0. The third-order valence-corrected chi connectivity index (χ3v) is 4.17. The molecule has 0 aromatic heterocycles. The second-order valence-electron chi connectivity index (χ2n) is 5.57. The van der Waals surface area contributed by atoms with Crippen molar-refractivity contribution >= 4 is 11.6 Å². The molecule has 0 aliphatic heterocycles. The van der Waals surface area contributed by atoms with Crippen LogP contribution in [0.3, 0.4) is 0 Å². The zero-order valence-electron chi connectivity index (χ0n) is 12.3. The van der Waals surface area contributed by atoms with Crippen LogP contribution in [0.5, 0.6) is 5.75 Å². The van der Waals surface area contributed by atoms with E-state index < -0.39 is 0 Å². The number of methoxy groups -OCH3 is 1. The van der Waals surface area contributed by atoms with E-state index in [0.29, 0.717) is 17.0 Å². The Labute approximate surface area is 120 Å². The first-order valence-electron chi connectivity index (χ1n) is 7.38. The summed E-state index contributed by atoms with van der Waals surface area (Å²) in [4.78, 5) is 12.4. The van der Waals surface area contributed by atoms with Crippen LogP contribution in [-0.4, -0.2) is 19.1 Å². The van der Waals surface area contributed by atoms with E-state index in [1.54, 1.807) is 25.3 Å². The van der Waals surface area contributed by atoms with E-state index in [4.69, 9.17) is 10.5 Å². The Bertz CT molecular complexity index is 474. The Morgan fingerprint density at radius 3 is 2.95 bits per heavy atom. The van der Waals surface area contributed by atoms with Gasteiger partial charge in [-0.3, -0.25) is 4.79 Å². The summed E-state index contributed by atoms with van der Waals surface area (Å²) in [5.74, 6) is 1.20. The van der Waals surface area contributed by atoms with Crippen LogP contribution >= 0.6 is 0 Å². The van der Waals surface area contributed by atoms with Gasteiger partial charge in [-0.05, 0) is 30.9 Å². The van der Waals surface area contributed by atoms with Gasteiger partial charge in [-0.25, -0.2) is 0 Å². The lowest BCUT2D eigenvalue weighted by Crippen LogP contribution is -2.38. The van der Waals surface area contributed by atoms with Gasteiger partial charge in [0.05, 0.1) is 12.7 Å². The van der Waals surface area contributed by atoms with Crippen LogP contribution in [-0.2, 0) is 0 Å². The minimum atomic E-state index is -0.0661. The number of hydrogen-bond donors (Lipinski definition) is 2. The molecule has 2 unspecified atom stereocenters. The zero-order chi connectivity index (χ0) is 14.5. The van der Waals surface area contributed by atoms with Crippen LogP contribution in [0.2, 0.25) is 0 Å². The van der Waals surface area contributed by atoms with Crippen LogP contribution in [0.15, 0.2) is 18.2 Å². The standard InChI is InChI=1S/C16H24N2O2/c1-3-11-5-4-6-13(9-11)18-16(19)14-8-7-12(17)10-15(14)20-2/h7-8,10-11,13H,3-6,9,17H2,1-2H3,(H,18,19). The zero-order valence-corrected chi connectivity index (χ0v) is 12.3. The van der Waals surface area contributed by atoms with Crippen molar-refractivity contribution in [1.29, 1.82) is 0 Å². The number of carbonyl (C=O) groups is 1. The van der Waals surface area contributed by atoms with Crippen LogP contribution < -0.4 is 15.8 Å². The Hall–Kier alpha value is -1.71. The highest BCUT2D eigenvalue weighted by atomic mass is 16.5. The Morgan fingerprint density at radius 1 is 1.45 bits per heavy atom. The average molecular weight is 276 g/mol. The van der Waals surface area contributed by atoms with Crippen molar-refractivity contribution in [2.75, 3.05) is 12.8 Å². The second kappa shape index (κ2) is 6.64. The molecule has 4 nitrogen and oxygen atoms in total. The maximum absolute atomic E-state index is 12.4. The van der Waals surface area contributed by atoms with Gasteiger partial charge in [0.2, 0.25) is 0 Å². The van der Waals surface area contributed by atoms with E-state index in [2.05, 4.69) is 12.2 Å². The summed E-state index contributed by atoms with van der Waals surface area (Å²) in [5.41, 5.74) is 6.87. The van der Waals surface area contributed by atoms with E-state index in [1.807, 2.05) is 0 Å². The van der Waals surface area contributed by atoms with Gasteiger partial charge < -0.3 is 15.8 Å². The van der Waals surface area contributed by atoms with Crippen LogP contribution in [0.25, 0.3) is 0 Å². The predicted molar refractivity (Wildman–Crippen MR) is 80.9 cm³/mol. The molecule has 1 fully saturated rings. The second-order valence-corrected chi connectivity index (χ2v) is 5.57. The Morgan fingerprint density at radius 2 is 2.25 bits per heavy atom. The molecule has 4 heteroatoms. The van der Waals surface area contributed by atoms with Crippen molar-refractivity contribution in [1.82, 2.24) is 5.32 Å². The Kier molecular flexibility index (Phi) is 4.88. The number of nitrogen functional groups attached to an aromatic ring is 1. The third kappa shape index (κ3) is 3.44. The monoisotopic (exact) mass is 276 g/mol. The molecule has 1 aliphatic rings. The first-order chi connectivity index (χ1) is 9.63. The molecule has 1 aliphatic carbocycles. The number of nitrogens with two attached hydrogens (primary N) is 1. The highest BCUT2D eigenvalue weighted by molar-refractivity contribution is 5.97. The van der Waals surface area contributed by atoms with Gasteiger partial charge in [0.15, 0.2) is 0 Å². The normalized spacial score (nSPS) is 22.3. The van der Waals surface area contributed by atoms with Gasteiger partial charge in [0.1, 0.15) is 5.75 Å². The van der Waals surface area contributed by atoms with Crippen molar-refractivity contribution in [2.45, 2.75) is 45.1 Å². The number of nitrogens with one attached hydrogen (secondary N) is 1. The van der Waals surface area contributed by atoms with Gasteiger partial charge >= 0.3 is 0 Å². The molecular formula is C16H24N2O2. The topological polar surface area (TPSA) is 64.4 Å². The van der Waals surface area contributed by atoms with E-state index in [9.17, 15) is 4.79 Å². The van der Waals surface area contributed by atoms with Crippen LogP contribution in [0.1, 0.15) is 49.4 Å². The fourth-order valence-corrected chi connectivity index (χ4v) is 2.95. The molecule has 1 amide bonds. The lowest BCUT2D eigenvalue weighted by Gasteiger charge is -2.29. The first-order valence-corrected chi connectivity index (χ1v) is 7.38. The minimum Gasteiger partial charge on any atom is -0.496 e. The largest absolute Gasteiger partial charge is 0.496 e. The van der Waals surface area contributed by atoms with Gasteiger partial charge in [0.25, 0.3) is 5.91 Å². The number of rotatable bonds is 4. The van der Waals surface area contributed by atoms with Gasteiger partial charge in [-0.2, -0.15) is 0 Å². The van der Waals surface area contributed by atoms with E-state index in [-0.39, 0.29) is 11.9 Å². The van der Waals surface area contributed by atoms with Gasteiger partial charge in [-0.1, -0.05) is 26.2 Å². The highest BCUT2D eigenvalue weighted by Crippen LogP contribution is 2.27. The Balaban J connectivity index is 2.04. The molecule has 0 saturated heterocycles. The first kappa shape index (κ1) is 14.7. The van der Waals surface area contributed by atoms with Crippen molar-refractivity contribution in [3.05, 3.63) is 23.8 Å². The van der Waals surface area contributed by atoms with Gasteiger partial charge in [0, 0.05) is 17.8 Å². The van der Waals surface area contributed by atoms with Crippen molar-refractivity contribution < 1.29 is 9.53 Å². The molecule has 20 heavy (non-hydrogen) atoms. The maximum atomic E-state index is 12.4. The molecule has 110 valence electrons. The molecule has 0 bridgehead atoms. The molecule has 1 aromatic carbocycles. The SMILES string of the molecule is CCC1CCCC(NC(=O)c2ccc(N)cc2OC)C1. The molecule has 2 rings (SSSR count). The smallest absolute Gasteiger partial charge is 0.255 e. The van der Waals surface area contributed by atoms with Crippen molar-refractivity contribution in [3.63, 3.8) is 0 Å². The van der Waals surface area contributed by atoms with Crippen molar-refractivity contribution in [2.24, 2.45) is 5.92 Å². The summed E-state index contributed by atoms with van der Waals surface area (Å²) in [6.07, 6.45) is 5.83. The predicted octanol–water partition coefficient (Wildman–Crippen LogP) is 2.98. The summed E-state index contributed by atoms with van der Waals surface area (Å²) in [7, 11) is 1.55. The van der Waals surface area contributed by atoms with Crippen LogP contribution in [0, 0.1) is 5.92 Å². The van der Waals surface area contributed by atoms with E-state index in [0.717, 1.165) is 18.8 Å². The summed E-state index contributed by atoms with van der Waals surface area (Å²) in [6.45, 7) is 2.22. The fraction of sp³-hybridized carbons (Fsp3) is 0.562. The summed E-state index contributed by atoms with van der Waals surface area (Å²) in [6, 6.07) is 5.42. The lowest BCUT2D eigenvalue weighted by atomic mass is 9.84. The van der Waals surface area contributed by atoms with Crippen molar-refractivity contribution in [3.8, 4) is 5.75 Å². The lowest BCUT2D eigenvalue weighted by molar-refractivity contribution is 0.0916. The van der Waals surface area contributed by atoms with Gasteiger partial charge in [-0.15, -0.1) is 0 Å². The number of amides is 1. The number of ether oxygens (including phenoxy) is 1. The average Bonchev–Trinajstić information content (AvgIpc) is 2.47. The minimum absolute atomic E-state index is 0.0661. The fourth-order valence-electron chi connectivity index (χ4n) is 2.95. The highest BCUT2D eigenvalue weighted by Gasteiger charge is 2.23. The molecule has 0 spiro atoms. The molecule has 0 radical (unpaired) electrons. The summed E-state index contributed by atoms with van der Waals surface area (Å²) in [5, 5.41) is 3.13. The number of carbonyl (C=O) groups excluding carboxylic acids is 1. The number of benzene rings is 1. The van der Waals surface area contributed by atoms with Crippen LogP contribution in [0.4, 0.5) is 5.69 Å². The molecular weight excluding hydrogens is 252 g/mol. The number of hydrogen-bond acceptors (Lipinski definition) is 3. The van der Waals surface area contributed by atoms with E-state index in [1.165, 1.54) is 19.3 Å². The third-order valence-electron chi connectivity index (χ3n) is 4.17. The van der Waals surface area contributed by atoms with E-state index >= 15 is 0 Å². The quantitative estimate of drug-likeness (QED) is 0.831. The maximum Gasteiger partial charge on any atom is 0.255 e. The number of anilines is 1.